The Labute approximate surface area is 86.6 Å². The molecule has 0 saturated heterocycles. The van der Waals surface area contributed by atoms with E-state index < -0.39 is 12.7 Å². The van der Waals surface area contributed by atoms with Gasteiger partial charge in [0.2, 0.25) is 0 Å². The van der Waals surface area contributed by atoms with E-state index in [2.05, 4.69) is 26.2 Å². The predicted molar refractivity (Wildman–Crippen MR) is 50.9 cm³/mol. The minimum absolute atomic E-state index is 0.170. The molecule has 0 spiro atoms. The lowest BCUT2D eigenvalue weighted by Crippen LogP contribution is -2.22. The Balaban J connectivity index is 2.77. The first-order chi connectivity index (χ1) is 6.40. The van der Waals surface area contributed by atoms with Crippen LogP contribution in [0.1, 0.15) is 0 Å². The van der Waals surface area contributed by atoms with E-state index in [0.29, 0.717) is 4.47 Å². The first-order valence-corrected chi connectivity index (χ1v) is 4.39. The third-order valence-electron chi connectivity index (χ3n) is 1.39. The van der Waals surface area contributed by atoms with E-state index in [-0.39, 0.29) is 11.4 Å². The summed E-state index contributed by atoms with van der Waals surface area (Å²) < 4.78 is 36.0. The third kappa shape index (κ3) is 3.06. The molecule has 78 valence electrons. The van der Waals surface area contributed by atoms with Crippen LogP contribution in [0, 0.1) is 0 Å². The van der Waals surface area contributed by atoms with Crippen molar-refractivity contribution in [1.82, 2.24) is 4.98 Å². The highest BCUT2D eigenvalue weighted by Gasteiger charge is 2.27. The topological polar surface area (TPSA) is 50.9 Å². The lowest BCUT2D eigenvalue weighted by atomic mass is 10.3. The molecule has 1 aromatic rings. The minimum atomic E-state index is -4.27. The van der Waals surface area contributed by atoms with Crippen molar-refractivity contribution in [1.29, 1.82) is 0 Å². The SMILES string of the molecule is Nc1cncc(Br)c1NCC(F)(F)F. The summed E-state index contributed by atoms with van der Waals surface area (Å²) in [4.78, 5) is 3.70. The molecule has 0 amide bonds. The van der Waals surface area contributed by atoms with Crippen molar-refractivity contribution < 1.29 is 13.2 Å². The zero-order valence-electron chi connectivity index (χ0n) is 6.90. The van der Waals surface area contributed by atoms with Crippen LogP contribution >= 0.6 is 15.9 Å². The summed E-state index contributed by atoms with van der Waals surface area (Å²) in [5.41, 5.74) is 5.80. The molecule has 0 unspecified atom stereocenters. The molecular weight excluding hydrogens is 263 g/mol. The van der Waals surface area contributed by atoms with E-state index in [1.165, 1.54) is 12.4 Å². The molecule has 0 atom stereocenters. The van der Waals surface area contributed by atoms with Crippen LogP contribution in [0.5, 0.6) is 0 Å². The Bertz CT molecular complexity index is 306. The van der Waals surface area contributed by atoms with Crippen LogP contribution in [0.4, 0.5) is 24.5 Å². The van der Waals surface area contributed by atoms with Crippen LogP contribution in [-0.2, 0) is 0 Å². The van der Waals surface area contributed by atoms with Crippen LogP contribution in [0.2, 0.25) is 0 Å². The summed E-state index contributed by atoms with van der Waals surface area (Å²) in [6.45, 7) is -1.13. The second-order valence-electron chi connectivity index (χ2n) is 2.55. The van der Waals surface area contributed by atoms with E-state index in [1.54, 1.807) is 0 Å². The first kappa shape index (κ1) is 11.1. The molecule has 14 heavy (non-hydrogen) atoms. The molecule has 0 fully saturated rings. The van der Waals surface area contributed by atoms with Crippen LogP contribution in [0.25, 0.3) is 0 Å². The lowest BCUT2D eigenvalue weighted by Gasteiger charge is -2.12. The Morgan fingerprint density at radius 2 is 2.07 bits per heavy atom. The maximum absolute atomic E-state index is 11.9. The van der Waals surface area contributed by atoms with Crippen molar-refractivity contribution in [3.8, 4) is 0 Å². The molecule has 1 aromatic heterocycles. The molecule has 0 radical (unpaired) electrons. The number of anilines is 2. The maximum Gasteiger partial charge on any atom is 0.405 e. The van der Waals surface area contributed by atoms with Gasteiger partial charge in [0.25, 0.3) is 0 Å². The Morgan fingerprint density at radius 3 is 2.57 bits per heavy atom. The molecule has 3 nitrogen and oxygen atoms in total. The summed E-state index contributed by atoms with van der Waals surface area (Å²) in [6, 6.07) is 0. The summed E-state index contributed by atoms with van der Waals surface area (Å²) in [6.07, 6.45) is -1.62. The fourth-order valence-corrected chi connectivity index (χ4v) is 1.31. The van der Waals surface area contributed by atoms with Crippen molar-refractivity contribution in [3.05, 3.63) is 16.9 Å². The molecule has 0 bridgehead atoms. The lowest BCUT2D eigenvalue weighted by molar-refractivity contribution is -0.115. The van der Waals surface area contributed by atoms with Gasteiger partial charge >= 0.3 is 6.18 Å². The molecule has 1 rings (SSSR count). The highest BCUT2D eigenvalue weighted by molar-refractivity contribution is 9.10. The zero-order chi connectivity index (χ0) is 10.8. The van der Waals surface area contributed by atoms with Crippen LogP contribution in [0.3, 0.4) is 0 Å². The number of alkyl halides is 3. The van der Waals surface area contributed by atoms with Gasteiger partial charge in [-0.25, -0.2) is 0 Å². The second-order valence-corrected chi connectivity index (χ2v) is 3.41. The second kappa shape index (κ2) is 4.04. The van der Waals surface area contributed by atoms with Gasteiger partial charge < -0.3 is 11.1 Å². The summed E-state index contributed by atoms with van der Waals surface area (Å²) in [5, 5.41) is 2.18. The maximum atomic E-state index is 11.9. The highest BCUT2D eigenvalue weighted by Crippen LogP contribution is 2.28. The average Bonchev–Trinajstić information content (AvgIpc) is 2.01. The Kier molecular flexibility index (Phi) is 3.20. The molecule has 3 N–H and O–H groups in total. The number of pyridine rings is 1. The van der Waals surface area contributed by atoms with Gasteiger partial charge in [0, 0.05) is 6.20 Å². The number of halogens is 4. The number of nitrogen functional groups attached to an aromatic ring is 1. The Hall–Kier alpha value is -0.980. The normalized spacial score (nSPS) is 11.4. The minimum Gasteiger partial charge on any atom is -0.396 e. The summed E-state index contributed by atoms with van der Waals surface area (Å²) in [5.74, 6) is 0. The molecule has 0 aliphatic heterocycles. The number of hydrogen-bond donors (Lipinski definition) is 2. The number of aromatic nitrogens is 1. The quantitative estimate of drug-likeness (QED) is 0.867. The predicted octanol–water partition coefficient (Wildman–Crippen LogP) is 2.40. The van der Waals surface area contributed by atoms with Crippen molar-refractivity contribution in [2.45, 2.75) is 6.18 Å². The van der Waals surface area contributed by atoms with Crippen LogP contribution < -0.4 is 11.1 Å². The zero-order valence-corrected chi connectivity index (χ0v) is 8.48. The number of nitrogens with one attached hydrogen (secondary N) is 1. The molecule has 0 aliphatic carbocycles. The van der Waals surface area contributed by atoms with Gasteiger partial charge in [0.15, 0.2) is 0 Å². The number of nitrogens with two attached hydrogens (primary N) is 1. The van der Waals surface area contributed by atoms with Crippen LogP contribution in [-0.4, -0.2) is 17.7 Å². The van der Waals surface area contributed by atoms with Crippen molar-refractivity contribution in [2.75, 3.05) is 17.6 Å². The third-order valence-corrected chi connectivity index (χ3v) is 2.00. The first-order valence-electron chi connectivity index (χ1n) is 3.60. The fraction of sp³-hybridized carbons (Fsp3) is 0.286. The molecule has 1 heterocycles. The number of rotatable bonds is 2. The van der Waals surface area contributed by atoms with Crippen molar-refractivity contribution in [2.24, 2.45) is 0 Å². The molecule has 0 aromatic carbocycles. The van der Waals surface area contributed by atoms with Crippen molar-refractivity contribution in [3.63, 3.8) is 0 Å². The van der Waals surface area contributed by atoms with Gasteiger partial charge in [0.1, 0.15) is 6.54 Å². The van der Waals surface area contributed by atoms with E-state index in [1.807, 2.05) is 0 Å². The van der Waals surface area contributed by atoms with Gasteiger partial charge in [-0.05, 0) is 15.9 Å². The van der Waals surface area contributed by atoms with Crippen molar-refractivity contribution >= 4 is 27.3 Å². The highest BCUT2D eigenvalue weighted by atomic mass is 79.9. The Morgan fingerprint density at radius 1 is 1.43 bits per heavy atom. The van der Waals surface area contributed by atoms with Crippen LogP contribution in [0.15, 0.2) is 16.9 Å². The van der Waals surface area contributed by atoms with Gasteiger partial charge in [-0.2, -0.15) is 13.2 Å². The van der Waals surface area contributed by atoms with Gasteiger partial charge in [-0.3, -0.25) is 4.98 Å². The van der Waals surface area contributed by atoms with E-state index in [0.717, 1.165) is 0 Å². The molecule has 7 heteroatoms. The summed E-state index contributed by atoms with van der Waals surface area (Å²) in [7, 11) is 0. The van der Waals surface area contributed by atoms with Gasteiger partial charge in [-0.15, -0.1) is 0 Å². The standard InChI is InChI=1S/C7H7BrF3N3/c8-4-1-13-2-5(12)6(4)14-3-7(9,10)11/h1-2H,3,12H2,(H,13,14). The number of nitrogens with zero attached hydrogens (tertiary/aromatic N) is 1. The van der Waals surface area contributed by atoms with Gasteiger partial charge in [0.05, 0.1) is 22.0 Å². The smallest absolute Gasteiger partial charge is 0.396 e. The van der Waals surface area contributed by atoms with E-state index >= 15 is 0 Å². The van der Waals surface area contributed by atoms with Gasteiger partial charge in [-0.1, -0.05) is 0 Å². The summed E-state index contributed by atoms with van der Waals surface area (Å²) >= 11 is 3.04. The molecule has 0 saturated carbocycles. The fourth-order valence-electron chi connectivity index (χ4n) is 0.825. The average molecular weight is 270 g/mol. The largest absolute Gasteiger partial charge is 0.405 e. The molecule has 0 aliphatic rings. The number of hydrogen-bond acceptors (Lipinski definition) is 3. The van der Waals surface area contributed by atoms with E-state index in [9.17, 15) is 13.2 Å². The van der Waals surface area contributed by atoms with E-state index in [4.69, 9.17) is 5.73 Å². The molecular formula is C7H7BrF3N3. The monoisotopic (exact) mass is 269 g/mol.